The molecule has 0 aliphatic carbocycles. The highest BCUT2D eigenvalue weighted by Crippen LogP contribution is 2.06. The van der Waals surface area contributed by atoms with Gasteiger partial charge >= 0.3 is 0 Å². The molecule has 0 bridgehead atoms. The normalized spacial score (nSPS) is 12.9. The molecule has 0 saturated carbocycles. The molecule has 1 N–H and O–H groups in total. The first-order valence-corrected chi connectivity index (χ1v) is 6.65. The predicted molar refractivity (Wildman–Crippen MR) is 68.9 cm³/mol. The van der Waals surface area contributed by atoms with Crippen LogP contribution in [0.25, 0.3) is 0 Å². The Labute approximate surface area is 101 Å². The molecule has 0 saturated heterocycles. The Bertz CT molecular complexity index is 131. The molecule has 98 valence electrons. The van der Waals surface area contributed by atoms with E-state index in [2.05, 4.69) is 19.2 Å². The Hall–Kier alpha value is -0.120. The fourth-order valence-electron chi connectivity index (χ4n) is 1.75. The molecule has 0 amide bonds. The van der Waals surface area contributed by atoms with Crippen LogP contribution >= 0.6 is 0 Å². The Morgan fingerprint density at radius 1 is 1.00 bits per heavy atom. The Kier molecular flexibility index (Phi) is 12.9. The molecule has 16 heavy (non-hydrogen) atoms. The van der Waals surface area contributed by atoms with Crippen LogP contribution in [0.5, 0.6) is 0 Å². The largest absolute Gasteiger partial charge is 0.382 e. The van der Waals surface area contributed by atoms with Gasteiger partial charge in [0, 0.05) is 19.8 Å². The summed E-state index contributed by atoms with van der Waals surface area (Å²) < 4.78 is 10.4. The van der Waals surface area contributed by atoms with Gasteiger partial charge < -0.3 is 14.8 Å². The van der Waals surface area contributed by atoms with Crippen molar-refractivity contribution in [2.24, 2.45) is 0 Å². The van der Waals surface area contributed by atoms with E-state index in [1.165, 1.54) is 25.7 Å². The van der Waals surface area contributed by atoms with Crippen LogP contribution < -0.4 is 5.32 Å². The maximum absolute atomic E-state index is 5.49. The zero-order chi connectivity index (χ0) is 12.1. The van der Waals surface area contributed by atoms with Gasteiger partial charge in [0.05, 0.1) is 13.2 Å². The SMILES string of the molecule is CCCCCC(CCOCCOC)NCC. The molecular formula is C13H29NO2. The van der Waals surface area contributed by atoms with Crippen LogP contribution in [0.3, 0.4) is 0 Å². The van der Waals surface area contributed by atoms with Crippen molar-refractivity contribution in [2.75, 3.05) is 33.5 Å². The lowest BCUT2D eigenvalue weighted by molar-refractivity contribution is 0.0654. The van der Waals surface area contributed by atoms with Gasteiger partial charge in [-0.3, -0.25) is 0 Å². The maximum atomic E-state index is 5.49. The number of ether oxygens (including phenoxy) is 2. The molecular weight excluding hydrogens is 202 g/mol. The van der Waals surface area contributed by atoms with Crippen molar-refractivity contribution in [2.45, 2.75) is 52.0 Å². The van der Waals surface area contributed by atoms with Crippen LogP contribution in [0.4, 0.5) is 0 Å². The van der Waals surface area contributed by atoms with E-state index in [0.29, 0.717) is 19.3 Å². The molecule has 0 aliphatic heterocycles. The maximum Gasteiger partial charge on any atom is 0.0700 e. The molecule has 1 unspecified atom stereocenters. The Morgan fingerprint density at radius 3 is 2.44 bits per heavy atom. The van der Waals surface area contributed by atoms with E-state index in [9.17, 15) is 0 Å². The second kappa shape index (κ2) is 12.9. The van der Waals surface area contributed by atoms with Crippen LogP contribution in [0.2, 0.25) is 0 Å². The zero-order valence-electron chi connectivity index (χ0n) is 11.3. The van der Waals surface area contributed by atoms with Crippen LogP contribution in [-0.4, -0.2) is 39.5 Å². The van der Waals surface area contributed by atoms with Crippen LogP contribution in [-0.2, 0) is 9.47 Å². The summed E-state index contributed by atoms with van der Waals surface area (Å²) in [6.45, 7) is 7.71. The summed E-state index contributed by atoms with van der Waals surface area (Å²) in [5.41, 5.74) is 0. The third-order valence-corrected chi connectivity index (χ3v) is 2.69. The summed E-state index contributed by atoms with van der Waals surface area (Å²) in [5.74, 6) is 0. The van der Waals surface area contributed by atoms with E-state index in [0.717, 1.165) is 19.6 Å². The van der Waals surface area contributed by atoms with E-state index >= 15 is 0 Å². The molecule has 0 aliphatic rings. The number of hydrogen-bond donors (Lipinski definition) is 1. The van der Waals surface area contributed by atoms with Crippen molar-refractivity contribution in [1.82, 2.24) is 5.32 Å². The van der Waals surface area contributed by atoms with E-state index in [4.69, 9.17) is 9.47 Å². The molecule has 0 spiro atoms. The smallest absolute Gasteiger partial charge is 0.0700 e. The monoisotopic (exact) mass is 231 g/mol. The molecule has 0 heterocycles. The fourth-order valence-corrected chi connectivity index (χ4v) is 1.75. The molecule has 3 nitrogen and oxygen atoms in total. The van der Waals surface area contributed by atoms with Crippen LogP contribution in [0.15, 0.2) is 0 Å². The van der Waals surface area contributed by atoms with Gasteiger partial charge in [-0.1, -0.05) is 33.1 Å². The molecule has 0 aromatic heterocycles. The molecule has 1 atom stereocenters. The molecule has 0 radical (unpaired) electrons. The summed E-state index contributed by atoms with van der Waals surface area (Å²) in [6, 6.07) is 0.624. The minimum atomic E-state index is 0.624. The minimum Gasteiger partial charge on any atom is -0.382 e. The highest BCUT2D eigenvalue weighted by atomic mass is 16.5. The number of hydrogen-bond acceptors (Lipinski definition) is 3. The average Bonchev–Trinajstić information content (AvgIpc) is 2.29. The number of nitrogens with one attached hydrogen (secondary N) is 1. The first kappa shape index (κ1) is 15.9. The Morgan fingerprint density at radius 2 is 1.81 bits per heavy atom. The first-order chi connectivity index (χ1) is 7.85. The molecule has 0 fully saturated rings. The summed E-state index contributed by atoms with van der Waals surface area (Å²) in [5, 5.41) is 3.52. The summed E-state index contributed by atoms with van der Waals surface area (Å²) in [4.78, 5) is 0. The second-order valence-electron chi connectivity index (χ2n) is 4.14. The predicted octanol–water partition coefficient (Wildman–Crippen LogP) is 2.60. The van der Waals surface area contributed by atoms with Crippen molar-refractivity contribution in [3.05, 3.63) is 0 Å². The van der Waals surface area contributed by atoms with Crippen LogP contribution in [0, 0.1) is 0 Å². The van der Waals surface area contributed by atoms with E-state index in [-0.39, 0.29) is 0 Å². The van der Waals surface area contributed by atoms with Gasteiger partial charge in [-0.05, 0) is 19.4 Å². The third-order valence-electron chi connectivity index (χ3n) is 2.69. The van der Waals surface area contributed by atoms with E-state index in [1.54, 1.807) is 7.11 Å². The zero-order valence-corrected chi connectivity index (χ0v) is 11.3. The summed E-state index contributed by atoms with van der Waals surface area (Å²) in [7, 11) is 1.70. The third kappa shape index (κ3) is 10.4. The van der Waals surface area contributed by atoms with E-state index < -0.39 is 0 Å². The first-order valence-electron chi connectivity index (χ1n) is 6.65. The van der Waals surface area contributed by atoms with Gasteiger partial charge in [-0.15, -0.1) is 0 Å². The van der Waals surface area contributed by atoms with Crippen molar-refractivity contribution in [1.29, 1.82) is 0 Å². The number of unbranched alkanes of at least 4 members (excludes halogenated alkanes) is 2. The lowest BCUT2D eigenvalue weighted by Gasteiger charge is -2.17. The average molecular weight is 231 g/mol. The summed E-state index contributed by atoms with van der Waals surface area (Å²) >= 11 is 0. The van der Waals surface area contributed by atoms with Gasteiger partial charge in [0.1, 0.15) is 0 Å². The van der Waals surface area contributed by atoms with Crippen molar-refractivity contribution in [3.8, 4) is 0 Å². The topological polar surface area (TPSA) is 30.5 Å². The van der Waals surface area contributed by atoms with Crippen LogP contribution in [0.1, 0.15) is 46.0 Å². The van der Waals surface area contributed by atoms with Gasteiger partial charge in [0.15, 0.2) is 0 Å². The minimum absolute atomic E-state index is 0.624. The molecule has 0 rings (SSSR count). The molecule has 3 heteroatoms. The van der Waals surface area contributed by atoms with Gasteiger partial charge in [-0.2, -0.15) is 0 Å². The van der Waals surface area contributed by atoms with E-state index in [1.807, 2.05) is 0 Å². The second-order valence-corrected chi connectivity index (χ2v) is 4.14. The van der Waals surface area contributed by atoms with Gasteiger partial charge in [0.2, 0.25) is 0 Å². The van der Waals surface area contributed by atoms with Crippen molar-refractivity contribution < 1.29 is 9.47 Å². The quantitative estimate of drug-likeness (QED) is 0.524. The van der Waals surface area contributed by atoms with Crippen molar-refractivity contribution >= 4 is 0 Å². The lowest BCUT2D eigenvalue weighted by atomic mass is 10.1. The number of methoxy groups -OCH3 is 1. The molecule has 0 aromatic rings. The highest BCUT2D eigenvalue weighted by Gasteiger charge is 2.06. The summed E-state index contributed by atoms with van der Waals surface area (Å²) in [6.07, 6.45) is 6.35. The standard InChI is InChI=1S/C13H29NO2/c1-4-6-7-8-13(14-5-2)9-10-16-12-11-15-3/h13-14H,4-12H2,1-3H3. The number of rotatable bonds is 12. The Balaban J connectivity index is 3.43. The molecule has 0 aromatic carbocycles. The van der Waals surface area contributed by atoms with Crippen molar-refractivity contribution in [3.63, 3.8) is 0 Å². The van der Waals surface area contributed by atoms with Gasteiger partial charge in [0.25, 0.3) is 0 Å². The fraction of sp³-hybridized carbons (Fsp3) is 1.00. The van der Waals surface area contributed by atoms with Gasteiger partial charge in [-0.25, -0.2) is 0 Å². The highest BCUT2D eigenvalue weighted by molar-refractivity contribution is 4.65. The lowest BCUT2D eigenvalue weighted by Crippen LogP contribution is -2.30.